The average molecular weight is 474 g/mol. The number of benzene rings is 2. The number of rotatable bonds is 7. The molecule has 9 heteroatoms. The van der Waals surface area contributed by atoms with Crippen molar-refractivity contribution >= 4 is 21.6 Å². The van der Waals surface area contributed by atoms with Crippen molar-refractivity contribution in [3.8, 4) is 5.75 Å². The van der Waals surface area contributed by atoms with Crippen LogP contribution in [0.2, 0.25) is 0 Å². The third kappa shape index (κ3) is 5.85. The lowest BCUT2D eigenvalue weighted by Gasteiger charge is -2.35. The maximum atomic E-state index is 13.5. The van der Waals surface area contributed by atoms with E-state index < -0.39 is 16.1 Å². The van der Waals surface area contributed by atoms with Gasteiger partial charge in [-0.05, 0) is 48.6 Å². The number of hydrogen-bond donors (Lipinski definition) is 2. The van der Waals surface area contributed by atoms with E-state index in [0.717, 1.165) is 30.3 Å². The zero-order valence-corrected chi connectivity index (χ0v) is 19.8. The van der Waals surface area contributed by atoms with Crippen LogP contribution in [0.25, 0.3) is 0 Å². The molecule has 8 nitrogen and oxygen atoms in total. The molecule has 2 aromatic rings. The van der Waals surface area contributed by atoms with Crippen LogP contribution >= 0.6 is 0 Å². The second kappa shape index (κ2) is 9.70. The third-order valence-corrected chi connectivity index (χ3v) is 6.87. The number of likely N-dealkylation sites (N-methyl/N-ethyl adjacent to an activating group) is 1. The van der Waals surface area contributed by atoms with Crippen molar-refractivity contribution in [1.29, 1.82) is 0 Å². The van der Waals surface area contributed by atoms with Crippen LogP contribution in [-0.2, 0) is 21.2 Å². The summed E-state index contributed by atoms with van der Waals surface area (Å²) >= 11 is 0. The normalized spacial score (nSPS) is 21.7. The number of carbonyl (C=O) groups is 1. The highest BCUT2D eigenvalue weighted by molar-refractivity contribution is 7.92. The van der Waals surface area contributed by atoms with Crippen molar-refractivity contribution in [3.63, 3.8) is 0 Å². The van der Waals surface area contributed by atoms with Gasteiger partial charge in [0.05, 0.1) is 18.4 Å². The van der Waals surface area contributed by atoms with Gasteiger partial charge in [0.1, 0.15) is 5.75 Å². The molecule has 1 fully saturated rings. The van der Waals surface area contributed by atoms with Crippen molar-refractivity contribution < 1.29 is 23.1 Å². The molecule has 1 unspecified atom stereocenters. The minimum atomic E-state index is -3.36. The average Bonchev–Trinajstić information content (AvgIpc) is 3.20. The molecule has 3 atom stereocenters. The van der Waals surface area contributed by atoms with Crippen molar-refractivity contribution in [3.05, 3.63) is 59.7 Å². The highest BCUT2D eigenvalue weighted by Crippen LogP contribution is 2.32. The summed E-state index contributed by atoms with van der Waals surface area (Å²) in [6.45, 7) is 2.07. The molecule has 0 bridgehead atoms. The Morgan fingerprint density at radius 3 is 2.67 bits per heavy atom. The predicted octanol–water partition coefficient (Wildman–Crippen LogP) is 2.02. The molecule has 1 amide bonds. The number of aliphatic hydroxyl groups is 1. The molecular weight excluding hydrogens is 442 g/mol. The van der Waals surface area contributed by atoms with E-state index in [2.05, 4.69) is 9.62 Å². The number of amides is 1. The topological polar surface area (TPSA) is 99.2 Å². The smallest absolute Gasteiger partial charge is 0.263 e. The molecule has 2 aliphatic heterocycles. The molecule has 0 aliphatic carbocycles. The number of β-amino-alcohol motifs (C(OH)–C–C–N with tert-alkyl or cyclic N) is 1. The number of fused-ring (bicyclic) bond motifs is 1. The van der Waals surface area contributed by atoms with Gasteiger partial charge >= 0.3 is 0 Å². The van der Waals surface area contributed by atoms with Crippen LogP contribution in [0.15, 0.2) is 48.5 Å². The Balaban J connectivity index is 1.49. The van der Waals surface area contributed by atoms with Gasteiger partial charge in [0.25, 0.3) is 5.91 Å². The second-order valence-corrected chi connectivity index (χ2v) is 10.7. The minimum absolute atomic E-state index is 0.0902. The quantitative estimate of drug-likeness (QED) is 0.638. The van der Waals surface area contributed by atoms with Crippen LogP contribution in [0.5, 0.6) is 5.75 Å². The predicted molar refractivity (Wildman–Crippen MR) is 127 cm³/mol. The first-order valence-electron chi connectivity index (χ1n) is 11.2. The van der Waals surface area contributed by atoms with Gasteiger partial charge in [-0.2, -0.15) is 0 Å². The lowest BCUT2D eigenvalue weighted by atomic mass is 9.99. The number of carbonyl (C=O) groups excluding carboxylic acids is 1. The number of nitrogens with one attached hydrogen (secondary N) is 1. The summed E-state index contributed by atoms with van der Waals surface area (Å²) in [6, 6.07) is 14.9. The van der Waals surface area contributed by atoms with Gasteiger partial charge in [0, 0.05) is 32.4 Å². The number of sulfonamides is 1. The Labute approximate surface area is 195 Å². The lowest BCUT2D eigenvalue weighted by molar-refractivity contribution is -0.140. The lowest BCUT2D eigenvalue weighted by Crippen LogP contribution is -2.46. The number of anilines is 1. The molecule has 178 valence electrons. The summed E-state index contributed by atoms with van der Waals surface area (Å²) in [6.07, 6.45) is 2.07. The number of hydrogen-bond acceptors (Lipinski definition) is 6. The Morgan fingerprint density at radius 2 is 2.00 bits per heavy atom. The highest BCUT2D eigenvalue weighted by atomic mass is 32.2. The Hall–Kier alpha value is -2.62. The van der Waals surface area contributed by atoms with Crippen LogP contribution in [0, 0.1) is 0 Å². The molecule has 0 radical (unpaired) electrons. The van der Waals surface area contributed by atoms with E-state index in [0.29, 0.717) is 37.4 Å². The van der Waals surface area contributed by atoms with Gasteiger partial charge in [-0.1, -0.05) is 30.3 Å². The van der Waals surface area contributed by atoms with Crippen LogP contribution in [0.4, 0.5) is 5.69 Å². The molecule has 1 saturated heterocycles. The maximum Gasteiger partial charge on any atom is 0.263 e. The van der Waals surface area contributed by atoms with Gasteiger partial charge in [0.15, 0.2) is 6.10 Å². The molecule has 33 heavy (non-hydrogen) atoms. The third-order valence-electron chi connectivity index (χ3n) is 6.26. The van der Waals surface area contributed by atoms with Gasteiger partial charge in [-0.15, -0.1) is 0 Å². The van der Waals surface area contributed by atoms with E-state index in [-0.39, 0.29) is 18.1 Å². The standard InChI is InChI=1S/C24H31N3O5S/c1-26(21(17-6-4-3-5-7-17)16-27-13-12-20(28)15-27)24(29)23-10-8-18-14-19(25-33(2,30)31)9-11-22(18)32-23/h3-7,9,11,14,20-21,23,25,28H,8,10,12-13,15-16H2,1-2H3/t20-,21+,23?/m0/s1. The molecule has 2 aromatic carbocycles. The van der Waals surface area contributed by atoms with E-state index in [9.17, 15) is 18.3 Å². The molecule has 2 aliphatic rings. The summed E-state index contributed by atoms with van der Waals surface area (Å²) in [5, 5.41) is 9.93. The van der Waals surface area contributed by atoms with Crippen LogP contribution < -0.4 is 9.46 Å². The molecule has 4 rings (SSSR count). The zero-order chi connectivity index (χ0) is 23.6. The fraction of sp³-hybridized carbons (Fsp3) is 0.458. The van der Waals surface area contributed by atoms with Gasteiger partial charge in [0.2, 0.25) is 10.0 Å². The minimum Gasteiger partial charge on any atom is -0.480 e. The van der Waals surface area contributed by atoms with E-state index in [1.807, 2.05) is 37.4 Å². The Bertz CT molecular complexity index is 1090. The van der Waals surface area contributed by atoms with E-state index in [4.69, 9.17) is 4.74 Å². The molecular formula is C24H31N3O5S. The summed E-state index contributed by atoms with van der Waals surface area (Å²) in [5.74, 6) is 0.513. The van der Waals surface area contributed by atoms with Gasteiger partial charge < -0.3 is 14.7 Å². The Kier molecular flexibility index (Phi) is 6.92. The van der Waals surface area contributed by atoms with Crippen molar-refractivity contribution in [2.24, 2.45) is 0 Å². The van der Waals surface area contributed by atoms with Crippen molar-refractivity contribution in [1.82, 2.24) is 9.80 Å². The van der Waals surface area contributed by atoms with Crippen molar-refractivity contribution in [2.75, 3.05) is 37.7 Å². The summed E-state index contributed by atoms with van der Waals surface area (Å²) < 4.78 is 31.5. The fourth-order valence-electron chi connectivity index (χ4n) is 4.57. The number of nitrogens with zero attached hydrogens (tertiary/aromatic N) is 2. The number of aliphatic hydroxyl groups excluding tert-OH is 1. The molecule has 2 heterocycles. The summed E-state index contributed by atoms with van der Waals surface area (Å²) in [5.41, 5.74) is 2.40. The second-order valence-electron chi connectivity index (χ2n) is 8.92. The van der Waals surface area contributed by atoms with Crippen molar-refractivity contribution in [2.45, 2.75) is 37.5 Å². The van der Waals surface area contributed by atoms with Crippen LogP contribution in [0.3, 0.4) is 0 Å². The first kappa shape index (κ1) is 23.5. The maximum absolute atomic E-state index is 13.5. The molecule has 2 N–H and O–H groups in total. The number of ether oxygens (including phenoxy) is 1. The molecule has 0 saturated carbocycles. The summed E-state index contributed by atoms with van der Waals surface area (Å²) in [4.78, 5) is 17.4. The van der Waals surface area contributed by atoms with Gasteiger partial charge in [-0.3, -0.25) is 14.4 Å². The first-order chi connectivity index (χ1) is 15.7. The highest BCUT2D eigenvalue weighted by Gasteiger charge is 2.34. The van der Waals surface area contributed by atoms with Crippen LogP contribution in [-0.4, -0.2) is 74.4 Å². The van der Waals surface area contributed by atoms with E-state index in [1.54, 1.807) is 23.1 Å². The SMILES string of the molecule is CN(C(=O)C1CCc2cc(NS(C)(=O)=O)ccc2O1)[C@H](CN1CC[C@H](O)C1)c1ccccc1. The summed E-state index contributed by atoms with van der Waals surface area (Å²) in [7, 11) is -1.55. The monoisotopic (exact) mass is 473 g/mol. The van der Waals surface area contributed by atoms with E-state index >= 15 is 0 Å². The molecule has 0 aromatic heterocycles. The molecule has 0 spiro atoms. The zero-order valence-electron chi connectivity index (χ0n) is 19.0. The van der Waals surface area contributed by atoms with Crippen LogP contribution in [0.1, 0.15) is 30.0 Å². The number of aryl methyl sites for hydroxylation is 1. The van der Waals surface area contributed by atoms with Gasteiger partial charge in [-0.25, -0.2) is 8.42 Å². The first-order valence-corrected chi connectivity index (χ1v) is 13.1. The largest absolute Gasteiger partial charge is 0.480 e. The van der Waals surface area contributed by atoms with E-state index in [1.165, 1.54) is 0 Å². The Morgan fingerprint density at radius 1 is 1.24 bits per heavy atom. The fourth-order valence-corrected chi connectivity index (χ4v) is 5.13. The number of likely N-dealkylation sites (tertiary alicyclic amines) is 1.